The maximum atomic E-state index is 10.3. The number of anilines is 1. The number of hydrogen-bond acceptors (Lipinski definition) is 7. The molecule has 0 saturated carbocycles. The third-order valence-electron chi connectivity index (χ3n) is 2.23. The van der Waals surface area contributed by atoms with Crippen LogP contribution in [-0.2, 0) is 5.75 Å². The average molecular weight is 283 g/mol. The Hall–Kier alpha value is -1.96. The van der Waals surface area contributed by atoms with Crippen LogP contribution in [0.25, 0.3) is 0 Å². The van der Waals surface area contributed by atoms with Gasteiger partial charge in [-0.25, -0.2) is 0 Å². The summed E-state index contributed by atoms with van der Waals surface area (Å²) in [5, 5.41) is 16.0. The summed E-state index contributed by atoms with van der Waals surface area (Å²) in [7, 11) is 1.63. The van der Waals surface area contributed by atoms with Gasteiger partial charge in [0.05, 0.1) is 16.3 Å². The van der Waals surface area contributed by atoms with Gasteiger partial charge in [-0.3, -0.25) is 15.1 Å². The second-order valence-electron chi connectivity index (χ2n) is 3.60. The molecule has 8 heteroatoms. The monoisotopic (exact) mass is 283 g/mol. The Morgan fingerprint density at radius 1 is 1.68 bits per heavy atom. The van der Waals surface area contributed by atoms with E-state index in [1.807, 2.05) is 6.07 Å². The Labute approximate surface area is 115 Å². The van der Waals surface area contributed by atoms with Crippen molar-refractivity contribution in [2.24, 2.45) is 0 Å². The van der Waals surface area contributed by atoms with Crippen molar-refractivity contribution in [1.82, 2.24) is 15.6 Å². The normalized spacial score (nSPS) is 11.1. The molecule has 0 spiro atoms. The highest BCUT2D eigenvalue weighted by Gasteiger charge is 2.01. The second-order valence-corrected chi connectivity index (χ2v) is 4.70. The summed E-state index contributed by atoms with van der Waals surface area (Å²) < 4.78 is 0. The van der Waals surface area contributed by atoms with Crippen molar-refractivity contribution >= 4 is 17.4 Å². The number of aromatic nitrogens is 1. The van der Waals surface area contributed by atoms with Crippen molar-refractivity contribution in [1.29, 1.82) is 0 Å². The van der Waals surface area contributed by atoms with Crippen molar-refractivity contribution in [3.05, 3.63) is 46.2 Å². The van der Waals surface area contributed by atoms with Gasteiger partial charge in [-0.05, 0) is 12.1 Å². The van der Waals surface area contributed by atoms with Gasteiger partial charge in [0.1, 0.15) is 0 Å². The molecule has 1 heterocycles. The summed E-state index contributed by atoms with van der Waals surface area (Å²) in [4.78, 5) is 14.0. The molecule has 0 aliphatic rings. The number of thioether (sulfide) groups is 1. The van der Waals surface area contributed by atoms with Gasteiger partial charge in [0.15, 0.2) is 5.82 Å². The van der Waals surface area contributed by atoms with Crippen LogP contribution in [0.5, 0.6) is 0 Å². The zero-order valence-electron chi connectivity index (χ0n) is 10.6. The van der Waals surface area contributed by atoms with Crippen LogP contribution in [0.15, 0.2) is 30.4 Å². The Bertz CT molecular complexity index is 452. The van der Waals surface area contributed by atoms with Crippen LogP contribution in [0, 0.1) is 10.1 Å². The minimum absolute atomic E-state index is 0.392. The van der Waals surface area contributed by atoms with Gasteiger partial charge < -0.3 is 16.4 Å². The molecule has 4 N–H and O–H groups in total. The molecule has 1 aromatic rings. The van der Waals surface area contributed by atoms with E-state index in [1.54, 1.807) is 31.1 Å². The van der Waals surface area contributed by atoms with Gasteiger partial charge >= 0.3 is 0 Å². The molecular weight excluding hydrogens is 266 g/mol. The fourth-order valence-corrected chi connectivity index (χ4v) is 2.13. The Balaban J connectivity index is 2.25. The van der Waals surface area contributed by atoms with Crippen LogP contribution in [-0.4, -0.2) is 29.3 Å². The van der Waals surface area contributed by atoms with Gasteiger partial charge in [0, 0.05) is 31.3 Å². The molecular formula is C11H17N5O2S. The topological polar surface area (TPSA) is 106 Å². The van der Waals surface area contributed by atoms with E-state index in [9.17, 15) is 10.1 Å². The van der Waals surface area contributed by atoms with Crippen LogP contribution in [0.4, 0.5) is 5.69 Å². The van der Waals surface area contributed by atoms with E-state index >= 15 is 0 Å². The number of rotatable bonds is 8. The van der Waals surface area contributed by atoms with Gasteiger partial charge in [0.25, 0.3) is 6.20 Å². The molecule has 0 bridgehead atoms. The summed E-state index contributed by atoms with van der Waals surface area (Å²) in [6.07, 6.45) is 2.62. The van der Waals surface area contributed by atoms with Crippen LogP contribution in [0.1, 0.15) is 5.69 Å². The lowest BCUT2D eigenvalue weighted by molar-refractivity contribution is -0.404. The van der Waals surface area contributed by atoms with Crippen LogP contribution in [0.3, 0.4) is 0 Å². The molecule has 0 unspecified atom stereocenters. The Morgan fingerprint density at radius 2 is 2.47 bits per heavy atom. The van der Waals surface area contributed by atoms with Crippen molar-refractivity contribution in [3.63, 3.8) is 0 Å². The first-order chi connectivity index (χ1) is 9.13. The SMILES string of the molecule is CN/C(=C/[N+](=O)[O-])NCCSCc1ncccc1N. The number of nitrogen functional groups attached to an aromatic ring is 1. The molecule has 0 aliphatic heterocycles. The smallest absolute Gasteiger partial charge is 0.274 e. The lowest BCUT2D eigenvalue weighted by Crippen LogP contribution is -2.26. The number of hydrogen-bond donors (Lipinski definition) is 3. The van der Waals surface area contributed by atoms with Crippen molar-refractivity contribution in [2.75, 3.05) is 25.1 Å². The molecule has 0 radical (unpaired) electrons. The molecule has 0 aromatic carbocycles. The molecule has 104 valence electrons. The molecule has 0 atom stereocenters. The quantitative estimate of drug-likeness (QED) is 0.368. The van der Waals surface area contributed by atoms with Crippen LogP contribution < -0.4 is 16.4 Å². The highest BCUT2D eigenvalue weighted by atomic mass is 32.2. The van der Waals surface area contributed by atoms with Gasteiger partial charge in [-0.15, -0.1) is 0 Å². The summed E-state index contributed by atoms with van der Waals surface area (Å²) in [6.45, 7) is 0.623. The molecule has 1 aromatic heterocycles. The van der Waals surface area contributed by atoms with Crippen LogP contribution >= 0.6 is 11.8 Å². The third kappa shape index (κ3) is 5.96. The molecule has 7 nitrogen and oxygen atoms in total. The predicted octanol–water partition coefficient (Wildman–Crippen LogP) is 0.782. The standard InChI is InChI=1S/C11H17N5O2S/c1-13-11(7-16(17)18)15-5-6-19-8-10-9(12)3-2-4-14-10/h2-4,7,13,15H,5-6,8,12H2,1H3/b11-7-. The number of nitrogens with zero attached hydrogens (tertiary/aromatic N) is 2. The molecule has 0 saturated heterocycles. The van der Waals surface area contributed by atoms with Crippen LogP contribution in [0.2, 0.25) is 0 Å². The third-order valence-corrected chi connectivity index (χ3v) is 3.20. The maximum absolute atomic E-state index is 10.3. The summed E-state index contributed by atoms with van der Waals surface area (Å²) in [6, 6.07) is 3.62. The zero-order valence-corrected chi connectivity index (χ0v) is 11.4. The minimum Gasteiger partial charge on any atom is -0.397 e. The summed E-state index contributed by atoms with van der Waals surface area (Å²) in [5.74, 6) is 1.91. The predicted molar refractivity (Wildman–Crippen MR) is 77.0 cm³/mol. The number of nitro groups is 1. The first-order valence-corrected chi connectivity index (χ1v) is 6.83. The van der Waals surface area contributed by atoms with Crippen molar-refractivity contribution in [3.8, 4) is 0 Å². The molecule has 0 aliphatic carbocycles. The van der Waals surface area contributed by atoms with Crippen molar-refractivity contribution in [2.45, 2.75) is 5.75 Å². The van der Waals surface area contributed by atoms with Gasteiger partial charge in [-0.1, -0.05) is 0 Å². The van der Waals surface area contributed by atoms with Gasteiger partial charge in [0.2, 0.25) is 0 Å². The highest BCUT2D eigenvalue weighted by Crippen LogP contribution is 2.14. The van der Waals surface area contributed by atoms with E-state index < -0.39 is 4.92 Å². The van der Waals surface area contributed by atoms with E-state index in [0.717, 1.165) is 23.4 Å². The van der Waals surface area contributed by atoms with E-state index in [1.165, 1.54) is 0 Å². The fourth-order valence-electron chi connectivity index (χ4n) is 1.30. The van der Waals surface area contributed by atoms with E-state index in [-0.39, 0.29) is 0 Å². The van der Waals surface area contributed by atoms with E-state index in [0.29, 0.717) is 18.1 Å². The lowest BCUT2D eigenvalue weighted by Gasteiger charge is -2.08. The first kappa shape index (κ1) is 15.1. The van der Waals surface area contributed by atoms with Gasteiger partial charge in [-0.2, -0.15) is 11.8 Å². The van der Waals surface area contributed by atoms with Crippen molar-refractivity contribution < 1.29 is 4.92 Å². The number of pyridine rings is 1. The minimum atomic E-state index is -0.499. The highest BCUT2D eigenvalue weighted by molar-refractivity contribution is 7.98. The largest absolute Gasteiger partial charge is 0.397 e. The molecule has 0 fully saturated rings. The fraction of sp³-hybridized carbons (Fsp3) is 0.364. The maximum Gasteiger partial charge on any atom is 0.274 e. The Kier molecular flexibility index (Phi) is 6.51. The molecule has 19 heavy (non-hydrogen) atoms. The van der Waals surface area contributed by atoms with E-state index in [2.05, 4.69) is 15.6 Å². The lowest BCUT2D eigenvalue weighted by atomic mass is 10.3. The van der Waals surface area contributed by atoms with E-state index in [4.69, 9.17) is 5.73 Å². The summed E-state index contributed by atoms with van der Waals surface area (Å²) >= 11 is 1.66. The first-order valence-electron chi connectivity index (χ1n) is 5.67. The number of nitrogens with two attached hydrogens (primary N) is 1. The Morgan fingerprint density at radius 3 is 3.11 bits per heavy atom. The average Bonchev–Trinajstić information content (AvgIpc) is 2.38. The zero-order chi connectivity index (χ0) is 14.1. The molecule has 0 amide bonds. The summed E-state index contributed by atoms with van der Waals surface area (Å²) in [5.41, 5.74) is 7.32. The number of nitrogens with one attached hydrogen (secondary N) is 2. The molecule has 1 rings (SSSR count). The second kappa shape index (κ2) is 8.20.